The van der Waals surface area contributed by atoms with Crippen LogP contribution in [0.15, 0.2) is 71.6 Å². The van der Waals surface area contributed by atoms with Gasteiger partial charge in [-0.15, -0.1) is 0 Å². The lowest BCUT2D eigenvalue weighted by molar-refractivity contribution is 0.102. The number of amides is 1. The van der Waals surface area contributed by atoms with E-state index in [2.05, 4.69) is 19.2 Å². The summed E-state index contributed by atoms with van der Waals surface area (Å²) < 4.78 is 34.6. The van der Waals surface area contributed by atoms with Crippen LogP contribution in [0, 0.1) is 0 Å². The Morgan fingerprint density at radius 3 is 2.30 bits per heavy atom. The van der Waals surface area contributed by atoms with E-state index in [9.17, 15) is 13.2 Å². The third kappa shape index (κ3) is 6.34. The number of nitrogens with two attached hydrogens (primary N) is 1. The zero-order valence-electron chi connectivity index (χ0n) is 18.9. The molecule has 8 heteroatoms. The van der Waals surface area contributed by atoms with E-state index in [0.29, 0.717) is 29.5 Å². The van der Waals surface area contributed by atoms with E-state index in [1.807, 2.05) is 31.2 Å². The Bertz CT molecular complexity index is 1220. The van der Waals surface area contributed by atoms with Crippen molar-refractivity contribution in [2.24, 2.45) is 5.14 Å². The average Bonchev–Trinajstić information content (AvgIpc) is 2.78. The molecule has 0 aliphatic heterocycles. The molecule has 0 saturated carbocycles. The van der Waals surface area contributed by atoms with E-state index in [1.54, 1.807) is 18.2 Å². The second kappa shape index (κ2) is 10.5. The number of benzene rings is 3. The summed E-state index contributed by atoms with van der Waals surface area (Å²) >= 11 is 0. The Hall–Kier alpha value is -3.36. The van der Waals surface area contributed by atoms with Crippen LogP contribution in [0.4, 0.5) is 5.69 Å². The summed E-state index contributed by atoms with van der Waals surface area (Å²) in [7, 11) is -3.79. The van der Waals surface area contributed by atoms with Gasteiger partial charge in [0, 0.05) is 16.8 Å². The summed E-state index contributed by atoms with van der Waals surface area (Å²) in [6.07, 6.45) is 0. The van der Waals surface area contributed by atoms with Crippen LogP contribution < -0.4 is 19.9 Å². The first-order valence-electron chi connectivity index (χ1n) is 10.6. The second-order valence-electron chi connectivity index (χ2n) is 7.76. The van der Waals surface area contributed by atoms with E-state index >= 15 is 0 Å². The lowest BCUT2D eigenvalue weighted by Gasteiger charge is -2.16. The molecule has 0 radical (unpaired) electrons. The number of nitrogens with one attached hydrogen (secondary N) is 1. The van der Waals surface area contributed by atoms with Gasteiger partial charge >= 0.3 is 0 Å². The lowest BCUT2D eigenvalue weighted by atomic mass is 10.0. The maximum atomic E-state index is 12.8. The minimum Gasteiger partial charge on any atom is -0.493 e. The fraction of sp³-hybridized carbons (Fsp3) is 0.240. The fourth-order valence-corrected chi connectivity index (χ4v) is 3.82. The van der Waals surface area contributed by atoms with Crippen LogP contribution in [-0.2, 0) is 16.6 Å². The highest BCUT2D eigenvalue weighted by molar-refractivity contribution is 7.89. The number of primary sulfonamides is 1. The average molecular weight is 469 g/mol. The van der Waals surface area contributed by atoms with E-state index in [4.69, 9.17) is 14.6 Å². The van der Waals surface area contributed by atoms with Gasteiger partial charge in [-0.2, -0.15) is 0 Å². The molecule has 174 valence electrons. The molecule has 0 saturated heterocycles. The number of sulfonamides is 1. The Morgan fingerprint density at radius 2 is 1.67 bits per heavy atom. The normalized spacial score (nSPS) is 11.3. The van der Waals surface area contributed by atoms with Crippen molar-refractivity contribution in [3.8, 4) is 11.5 Å². The Balaban J connectivity index is 1.80. The molecule has 3 aromatic carbocycles. The molecule has 0 aliphatic carbocycles. The van der Waals surface area contributed by atoms with Crippen LogP contribution in [0.3, 0.4) is 0 Å². The molecule has 0 aromatic heterocycles. The van der Waals surface area contributed by atoms with Gasteiger partial charge in [-0.1, -0.05) is 32.0 Å². The predicted molar refractivity (Wildman–Crippen MR) is 128 cm³/mol. The molecule has 0 bridgehead atoms. The van der Waals surface area contributed by atoms with Crippen molar-refractivity contribution in [3.63, 3.8) is 0 Å². The van der Waals surface area contributed by atoms with Crippen molar-refractivity contribution in [1.29, 1.82) is 0 Å². The Kier molecular flexibility index (Phi) is 7.73. The van der Waals surface area contributed by atoms with Crippen molar-refractivity contribution in [3.05, 3.63) is 83.4 Å². The number of anilines is 1. The SMILES string of the molecule is CCOc1ccc(C(=O)Nc2ccc(S(N)(=O)=O)cc2)cc1COc1ccccc1C(C)C. The van der Waals surface area contributed by atoms with Gasteiger partial charge in [-0.05, 0) is 66.9 Å². The molecule has 3 rings (SSSR count). The summed E-state index contributed by atoms with van der Waals surface area (Å²) in [6.45, 7) is 6.83. The van der Waals surface area contributed by atoms with Crippen LogP contribution in [0.1, 0.15) is 48.2 Å². The summed E-state index contributed by atoms with van der Waals surface area (Å²) in [4.78, 5) is 12.8. The molecule has 0 aliphatic rings. The Labute approximate surface area is 194 Å². The lowest BCUT2D eigenvalue weighted by Crippen LogP contribution is -2.14. The largest absolute Gasteiger partial charge is 0.493 e. The van der Waals surface area contributed by atoms with Gasteiger partial charge in [0.2, 0.25) is 10.0 Å². The Morgan fingerprint density at radius 1 is 0.970 bits per heavy atom. The van der Waals surface area contributed by atoms with E-state index in [1.165, 1.54) is 24.3 Å². The minimum absolute atomic E-state index is 0.0253. The zero-order valence-corrected chi connectivity index (χ0v) is 19.7. The fourth-order valence-electron chi connectivity index (χ4n) is 3.31. The first-order valence-corrected chi connectivity index (χ1v) is 12.1. The third-order valence-electron chi connectivity index (χ3n) is 4.99. The van der Waals surface area contributed by atoms with Crippen molar-refractivity contribution >= 4 is 21.6 Å². The monoisotopic (exact) mass is 468 g/mol. The summed E-state index contributed by atoms with van der Waals surface area (Å²) in [6, 6.07) is 18.7. The minimum atomic E-state index is -3.79. The smallest absolute Gasteiger partial charge is 0.255 e. The maximum Gasteiger partial charge on any atom is 0.255 e. The molecular formula is C25H28N2O5S. The number of para-hydroxylation sites is 1. The third-order valence-corrected chi connectivity index (χ3v) is 5.92. The molecule has 33 heavy (non-hydrogen) atoms. The molecule has 0 atom stereocenters. The molecule has 0 spiro atoms. The van der Waals surface area contributed by atoms with Crippen molar-refractivity contribution in [2.75, 3.05) is 11.9 Å². The first-order chi connectivity index (χ1) is 15.7. The van der Waals surface area contributed by atoms with Crippen LogP contribution in [0.5, 0.6) is 11.5 Å². The molecule has 7 nitrogen and oxygen atoms in total. The molecule has 3 aromatic rings. The highest BCUT2D eigenvalue weighted by Gasteiger charge is 2.14. The number of carbonyl (C=O) groups is 1. The van der Waals surface area contributed by atoms with Crippen molar-refractivity contribution in [2.45, 2.75) is 38.2 Å². The topological polar surface area (TPSA) is 108 Å². The molecule has 3 N–H and O–H groups in total. The van der Waals surface area contributed by atoms with Gasteiger partial charge in [-0.25, -0.2) is 13.6 Å². The standard InChI is InChI=1S/C25H28N2O5S/c1-4-31-23-14-9-18(25(28)27-20-10-12-21(13-11-20)33(26,29)30)15-19(23)16-32-24-8-6-5-7-22(24)17(2)3/h5-15,17H,4,16H2,1-3H3,(H,27,28)(H2,26,29,30). The maximum absolute atomic E-state index is 12.8. The van der Waals surface area contributed by atoms with Crippen molar-refractivity contribution in [1.82, 2.24) is 0 Å². The van der Waals surface area contributed by atoms with Crippen molar-refractivity contribution < 1.29 is 22.7 Å². The number of hydrogen-bond acceptors (Lipinski definition) is 5. The molecular weight excluding hydrogens is 440 g/mol. The van der Waals surface area contributed by atoms with E-state index in [-0.39, 0.29) is 17.4 Å². The van der Waals surface area contributed by atoms with Gasteiger partial charge in [0.15, 0.2) is 0 Å². The zero-order chi connectivity index (χ0) is 24.0. The number of rotatable bonds is 9. The summed E-state index contributed by atoms with van der Waals surface area (Å²) in [5, 5.41) is 7.87. The van der Waals surface area contributed by atoms with Gasteiger partial charge in [0.25, 0.3) is 5.91 Å². The van der Waals surface area contributed by atoms with Gasteiger partial charge < -0.3 is 14.8 Å². The quantitative estimate of drug-likeness (QED) is 0.474. The van der Waals surface area contributed by atoms with Gasteiger partial charge in [-0.3, -0.25) is 4.79 Å². The highest BCUT2D eigenvalue weighted by atomic mass is 32.2. The molecule has 1 amide bonds. The van der Waals surface area contributed by atoms with E-state index in [0.717, 1.165) is 16.9 Å². The van der Waals surface area contributed by atoms with Crippen LogP contribution in [-0.4, -0.2) is 20.9 Å². The van der Waals surface area contributed by atoms with Gasteiger partial charge in [0.05, 0.1) is 11.5 Å². The highest BCUT2D eigenvalue weighted by Crippen LogP contribution is 2.28. The van der Waals surface area contributed by atoms with Crippen LogP contribution in [0.2, 0.25) is 0 Å². The molecule has 0 unspecified atom stereocenters. The first kappa shape index (κ1) is 24.3. The van der Waals surface area contributed by atoms with E-state index < -0.39 is 10.0 Å². The summed E-state index contributed by atoms with van der Waals surface area (Å²) in [5.41, 5.74) is 2.72. The van der Waals surface area contributed by atoms with Crippen LogP contribution >= 0.6 is 0 Å². The van der Waals surface area contributed by atoms with Gasteiger partial charge in [0.1, 0.15) is 18.1 Å². The summed E-state index contributed by atoms with van der Waals surface area (Å²) in [5.74, 6) is 1.41. The second-order valence-corrected chi connectivity index (χ2v) is 9.32. The number of carbonyl (C=O) groups excluding carboxylic acids is 1. The molecule has 0 fully saturated rings. The molecule has 0 heterocycles. The number of hydrogen-bond donors (Lipinski definition) is 2. The van der Waals surface area contributed by atoms with Crippen LogP contribution in [0.25, 0.3) is 0 Å². The predicted octanol–water partition coefficient (Wildman–Crippen LogP) is 4.69. The number of ether oxygens (including phenoxy) is 2.